The lowest BCUT2D eigenvalue weighted by atomic mass is 10.1. The molecule has 3 rings (SSSR count). The van der Waals surface area contributed by atoms with Gasteiger partial charge in [0, 0.05) is 31.7 Å². The third-order valence-electron chi connectivity index (χ3n) is 3.42. The number of benzene rings is 1. The Hall–Kier alpha value is -0.820. The molecule has 2 heterocycles. The second-order valence-corrected chi connectivity index (χ2v) is 6.25. The molecule has 0 aromatic heterocycles. The van der Waals surface area contributed by atoms with Crippen molar-refractivity contribution in [1.82, 2.24) is 9.80 Å². The number of piperazine rings is 1. The number of likely N-dealkylation sites (N-methyl/N-ethyl adjacent to an activating group) is 1. The van der Waals surface area contributed by atoms with Crippen LogP contribution in [0.25, 0.3) is 0 Å². The van der Waals surface area contributed by atoms with Crippen LogP contribution >= 0.6 is 0 Å². The molecule has 0 radical (unpaired) electrons. The SMILES string of the molecule is CN1CCN(C2=NS(=O)(=O)c3ccccc32)CC1.[Cl-].[Cl-]. The predicted molar refractivity (Wildman–Crippen MR) is 69.2 cm³/mol. The Morgan fingerprint density at radius 1 is 1.05 bits per heavy atom. The Labute approximate surface area is 131 Å². The maximum Gasteiger partial charge on any atom is 0.285 e. The lowest BCUT2D eigenvalue weighted by molar-refractivity contribution is -0.001000. The summed E-state index contributed by atoms with van der Waals surface area (Å²) < 4.78 is 27.8. The Kier molecular flexibility index (Phi) is 5.43. The van der Waals surface area contributed by atoms with E-state index in [-0.39, 0.29) is 24.8 Å². The van der Waals surface area contributed by atoms with Crippen LogP contribution in [-0.2, 0) is 10.0 Å². The zero-order valence-corrected chi connectivity index (χ0v) is 13.3. The summed E-state index contributed by atoms with van der Waals surface area (Å²) in [5, 5.41) is 0. The van der Waals surface area contributed by atoms with E-state index < -0.39 is 10.0 Å². The fourth-order valence-electron chi connectivity index (χ4n) is 2.33. The van der Waals surface area contributed by atoms with Gasteiger partial charge in [-0.3, -0.25) is 0 Å². The third kappa shape index (κ3) is 2.93. The van der Waals surface area contributed by atoms with Gasteiger partial charge >= 0.3 is 0 Å². The van der Waals surface area contributed by atoms with Crippen LogP contribution in [0.4, 0.5) is 0 Å². The van der Waals surface area contributed by atoms with Crippen LogP contribution < -0.4 is 24.8 Å². The summed E-state index contributed by atoms with van der Waals surface area (Å²) in [5.74, 6) is 0.610. The van der Waals surface area contributed by atoms with Crippen LogP contribution in [0.1, 0.15) is 5.56 Å². The molecular weight excluding hydrogens is 321 g/mol. The van der Waals surface area contributed by atoms with E-state index in [2.05, 4.69) is 21.2 Å². The smallest absolute Gasteiger partial charge is 0.285 e. The molecule has 0 unspecified atom stereocenters. The molecule has 0 N–H and O–H groups in total. The average molecular weight is 336 g/mol. The number of halogens is 2. The first kappa shape index (κ1) is 17.2. The van der Waals surface area contributed by atoms with Crippen molar-refractivity contribution >= 4 is 15.9 Å². The Morgan fingerprint density at radius 2 is 1.65 bits per heavy atom. The molecule has 0 aliphatic carbocycles. The Morgan fingerprint density at radius 3 is 2.30 bits per heavy atom. The maximum atomic E-state index is 11.9. The maximum absolute atomic E-state index is 11.9. The van der Waals surface area contributed by atoms with Crippen LogP contribution in [0, 0.1) is 0 Å². The van der Waals surface area contributed by atoms with Crippen LogP contribution in [0.5, 0.6) is 0 Å². The monoisotopic (exact) mass is 335 g/mol. The lowest BCUT2D eigenvalue weighted by Crippen LogP contribution is -3.00. The summed E-state index contributed by atoms with van der Waals surface area (Å²) in [6, 6.07) is 7.04. The highest BCUT2D eigenvalue weighted by Gasteiger charge is 2.32. The van der Waals surface area contributed by atoms with Crippen LogP contribution in [-0.4, -0.2) is 57.3 Å². The number of hydrogen-bond acceptors (Lipinski definition) is 4. The minimum Gasteiger partial charge on any atom is -1.00 e. The standard InChI is InChI=1S/C12H15N3O2S.2ClH/c1-14-6-8-15(9-7-14)12-10-4-2-3-5-11(10)18(16,17)13-12;;/h2-5H,6-9H2,1H3;2*1H/p-2. The molecule has 1 aromatic rings. The first-order valence-corrected chi connectivity index (χ1v) is 7.40. The molecule has 0 saturated carbocycles. The number of hydrogen-bond donors (Lipinski definition) is 0. The van der Waals surface area contributed by atoms with Crippen molar-refractivity contribution in [2.24, 2.45) is 4.40 Å². The van der Waals surface area contributed by atoms with Crippen molar-refractivity contribution in [1.29, 1.82) is 0 Å². The normalized spacial score (nSPS) is 20.4. The van der Waals surface area contributed by atoms with Crippen LogP contribution in [0.15, 0.2) is 33.6 Å². The fourth-order valence-corrected chi connectivity index (χ4v) is 3.56. The molecule has 0 amide bonds. The fraction of sp³-hybridized carbons (Fsp3) is 0.417. The highest BCUT2D eigenvalue weighted by molar-refractivity contribution is 7.90. The molecule has 2 aliphatic rings. The van der Waals surface area contributed by atoms with Gasteiger partial charge in [-0.1, -0.05) is 12.1 Å². The van der Waals surface area contributed by atoms with Crippen molar-refractivity contribution in [3.05, 3.63) is 29.8 Å². The number of sulfonamides is 1. The molecule has 0 bridgehead atoms. The van der Waals surface area contributed by atoms with Gasteiger partial charge in [-0.25, -0.2) is 0 Å². The molecule has 20 heavy (non-hydrogen) atoms. The van der Waals surface area contributed by atoms with Crippen molar-refractivity contribution < 1.29 is 33.2 Å². The molecule has 2 aliphatic heterocycles. The number of amidine groups is 1. The van der Waals surface area contributed by atoms with E-state index in [4.69, 9.17) is 0 Å². The van der Waals surface area contributed by atoms with Gasteiger partial charge < -0.3 is 34.6 Å². The Balaban J connectivity index is 0.000001000. The van der Waals surface area contributed by atoms with Gasteiger partial charge in [-0.15, -0.1) is 4.40 Å². The molecule has 0 atom stereocenters. The zero-order chi connectivity index (χ0) is 12.8. The number of nitrogens with zero attached hydrogens (tertiary/aromatic N) is 3. The molecule has 0 spiro atoms. The largest absolute Gasteiger partial charge is 1.00 e. The van der Waals surface area contributed by atoms with Gasteiger partial charge in [0.2, 0.25) is 0 Å². The number of fused-ring (bicyclic) bond motifs is 1. The van der Waals surface area contributed by atoms with E-state index in [0.717, 1.165) is 31.7 Å². The van der Waals surface area contributed by atoms with Crippen LogP contribution in [0.2, 0.25) is 0 Å². The van der Waals surface area contributed by atoms with E-state index in [0.29, 0.717) is 10.7 Å². The van der Waals surface area contributed by atoms with Crippen molar-refractivity contribution in [3.8, 4) is 0 Å². The van der Waals surface area contributed by atoms with E-state index in [1.165, 1.54) is 0 Å². The molecule has 1 fully saturated rings. The topological polar surface area (TPSA) is 53.0 Å². The van der Waals surface area contributed by atoms with E-state index >= 15 is 0 Å². The summed E-state index contributed by atoms with van der Waals surface area (Å²) in [6.07, 6.45) is 0. The van der Waals surface area contributed by atoms with Crippen molar-refractivity contribution in [3.63, 3.8) is 0 Å². The summed E-state index contributed by atoms with van der Waals surface area (Å²) >= 11 is 0. The van der Waals surface area contributed by atoms with Crippen LogP contribution in [0.3, 0.4) is 0 Å². The minimum absolute atomic E-state index is 0. The summed E-state index contributed by atoms with van der Waals surface area (Å²) in [4.78, 5) is 4.62. The highest BCUT2D eigenvalue weighted by Crippen LogP contribution is 2.27. The van der Waals surface area contributed by atoms with Gasteiger partial charge in [0.15, 0.2) is 5.84 Å². The average Bonchev–Trinajstić information content (AvgIpc) is 2.63. The third-order valence-corrected chi connectivity index (χ3v) is 4.74. The van der Waals surface area contributed by atoms with Gasteiger partial charge in [0.05, 0.1) is 0 Å². The molecule has 5 nitrogen and oxygen atoms in total. The molecule has 1 aromatic carbocycles. The van der Waals surface area contributed by atoms with Gasteiger partial charge in [0.1, 0.15) is 4.90 Å². The Bertz CT molecular complexity index is 611. The van der Waals surface area contributed by atoms with Gasteiger partial charge in [0.25, 0.3) is 10.0 Å². The highest BCUT2D eigenvalue weighted by atomic mass is 35.5. The second kappa shape index (κ2) is 6.30. The van der Waals surface area contributed by atoms with Crippen molar-refractivity contribution in [2.45, 2.75) is 4.90 Å². The molecule has 1 saturated heterocycles. The summed E-state index contributed by atoms with van der Waals surface area (Å²) in [7, 11) is -1.42. The van der Waals surface area contributed by atoms with E-state index in [1.54, 1.807) is 12.1 Å². The quantitative estimate of drug-likeness (QED) is 0.474. The minimum atomic E-state index is -3.48. The summed E-state index contributed by atoms with van der Waals surface area (Å²) in [6.45, 7) is 3.50. The molecule has 112 valence electrons. The molecule has 8 heteroatoms. The summed E-state index contributed by atoms with van der Waals surface area (Å²) in [5.41, 5.74) is 0.738. The lowest BCUT2D eigenvalue weighted by Gasteiger charge is -2.33. The van der Waals surface area contributed by atoms with Gasteiger partial charge in [-0.2, -0.15) is 8.42 Å². The second-order valence-electron chi connectivity index (χ2n) is 4.68. The first-order chi connectivity index (χ1) is 8.58. The van der Waals surface area contributed by atoms with E-state index in [1.807, 2.05) is 12.1 Å². The zero-order valence-electron chi connectivity index (χ0n) is 11.0. The molecular formula is C12H15Cl2N3O2S-2. The first-order valence-electron chi connectivity index (χ1n) is 5.96. The van der Waals surface area contributed by atoms with Crippen molar-refractivity contribution in [2.75, 3.05) is 33.2 Å². The predicted octanol–water partition coefficient (Wildman–Crippen LogP) is -5.61. The number of rotatable bonds is 0. The van der Waals surface area contributed by atoms with Gasteiger partial charge in [-0.05, 0) is 19.2 Å². The van der Waals surface area contributed by atoms with E-state index in [9.17, 15) is 8.42 Å².